The molecule has 0 rings (SSSR count). The van der Waals surface area contributed by atoms with Gasteiger partial charge in [-0.3, -0.25) is 0 Å². The Balaban J connectivity index is 0. The van der Waals surface area contributed by atoms with Crippen molar-refractivity contribution in [2.45, 2.75) is 0 Å². The van der Waals surface area contributed by atoms with Gasteiger partial charge in [0.2, 0.25) is 0 Å². The fourth-order valence-electron chi connectivity index (χ4n) is 0. The normalized spacial score (nSPS) is 6.29. The predicted molar refractivity (Wildman–Crippen MR) is 10.0 cm³/mol. The van der Waals surface area contributed by atoms with E-state index >= 15 is 0 Å². The van der Waals surface area contributed by atoms with Crippen molar-refractivity contribution in [2.24, 2.45) is 0 Å². The van der Waals surface area contributed by atoms with Crippen LogP contribution in [0.3, 0.4) is 0 Å². The second-order valence-corrected chi connectivity index (χ2v) is 0.575. The van der Waals surface area contributed by atoms with E-state index in [9.17, 15) is 0 Å². The van der Waals surface area contributed by atoms with Crippen molar-refractivity contribution in [3.63, 3.8) is 0 Å². The Kier molecular flexibility index (Phi) is 5.99. The van der Waals surface area contributed by atoms with E-state index < -0.39 is 11.9 Å². The van der Waals surface area contributed by atoms with Crippen LogP contribution in [0.5, 0.6) is 0 Å². The van der Waals surface area contributed by atoms with Crippen LogP contribution in [0.25, 0.3) is 0 Å². The molecule has 7 heavy (non-hydrogen) atoms. The van der Waals surface area contributed by atoms with E-state index in [-0.39, 0.29) is 31.1 Å². The largest absolute Gasteiger partial charge is 2.00 e. The summed E-state index contributed by atoms with van der Waals surface area (Å²) in [5.74, 6) is -4.37. The number of carbonyl (C=O) groups is 2. The van der Waals surface area contributed by atoms with E-state index in [4.69, 9.17) is 19.8 Å². The molecule has 0 heterocycles. The minimum Gasteiger partial charge on any atom is -0.543 e. The molecule has 0 fully saturated rings. The van der Waals surface area contributed by atoms with Gasteiger partial charge in [-0.25, -0.2) is 0 Å². The van der Waals surface area contributed by atoms with Crippen LogP contribution in [-0.2, 0) is 9.59 Å². The molecular weight excluding hydrogens is 326 g/mol. The van der Waals surface area contributed by atoms with Crippen LogP contribution in [0.15, 0.2) is 0 Å². The van der Waals surface area contributed by atoms with E-state index in [1.165, 1.54) is 0 Å². The first-order valence-electron chi connectivity index (χ1n) is 1.07. The van der Waals surface area contributed by atoms with E-state index in [1.54, 1.807) is 0 Å². The standard InChI is InChI=1S/C2H2O4.U/c3-1(4)2(5)6;/h(H,3,4)(H,5,6);/q;+2/p-2. The number of carboxylic acid groups (broad SMARTS) is 2. The average Bonchev–Trinajstić information content (AvgIpc) is 1.36. The molecule has 0 aromatic carbocycles. The van der Waals surface area contributed by atoms with Crippen LogP contribution in [-0.4, -0.2) is 11.9 Å². The molecular formula is C2O4U. The third kappa shape index (κ3) is 5.99. The van der Waals surface area contributed by atoms with Gasteiger partial charge in [0.1, 0.15) is 0 Å². The van der Waals surface area contributed by atoms with Crippen molar-refractivity contribution in [2.75, 3.05) is 0 Å². The Bertz CT molecular complexity index is 75.7. The van der Waals surface area contributed by atoms with Gasteiger partial charge in [0, 0.05) is 0 Å². The third-order valence-corrected chi connectivity index (χ3v) is 0.167. The number of carbonyl (C=O) groups excluding carboxylic acids is 2. The minimum atomic E-state index is -2.19. The molecule has 0 aromatic rings. The van der Waals surface area contributed by atoms with Crippen LogP contribution < -0.4 is 10.2 Å². The molecule has 0 amide bonds. The first-order valence-corrected chi connectivity index (χ1v) is 1.07. The molecule has 0 aliphatic heterocycles. The SMILES string of the molecule is O=C([O-])C(=O)[O-].[U+2]. The summed E-state index contributed by atoms with van der Waals surface area (Å²) in [6.07, 6.45) is 0. The number of hydrogen-bond donors (Lipinski definition) is 0. The van der Waals surface area contributed by atoms with E-state index in [0.29, 0.717) is 0 Å². The topological polar surface area (TPSA) is 80.3 Å². The van der Waals surface area contributed by atoms with E-state index in [1.807, 2.05) is 0 Å². The Hall–Kier alpha value is -0.00805. The number of aliphatic carboxylic acids is 2. The zero-order valence-electron chi connectivity index (χ0n) is 3.13. The van der Waals surface area contributed by atoms with Crippen molar-refractivity contribution >= 4 is 11.9 Å². The number of rotatable bonds is 0. The van der Waals surface area contributed by atoms with Gasteiger partial charge >= 0.3 is 31.1 Å². The molecule has 5 heteroatoms. The quantitative estimate of drug-likeness (QED) is 0.433. The van der Waals surface area contributed by atoms with Crippen LogP contribution in [0.4, 0.5) is 0 Å². The van der Waals surface area contributed by atoms with Crippen molar-refractivity contribution in [1.29, 1.82) is 0 Å². The summed E-state index contributed by atoms with van der Waals surface area (Å²) >= 11 is 0. The zero-order valence-corrected chi connectivity index (χ0v) is 7.30. The third-order valence-electron chi connectivity index (χ3n) is 0.167. The molecule has 0 aromatic heterocycles. The molecule has 0 spiro atoms. The van der Waals surface area contributed by atoms with Crippen molar-refractivity contribution in [3.05, 3.63) is 0 Å². The Morgan fingerprint density at radius 3 is 1.14 bits per heavy atom. The molecule has 0 atom stereocenters. The summed E-state index contributed by atoms with van der Waals surface area (Å²) in [4.78, 5) is 17.9. The predicted octanol–water partition coefficient (Wildman–Crippen LogP) is -3.51. The van der Waals surface area contributed by atoms with Gasteiger partial charge in [-0.1, -0.05) is 0 Å². The van der Waals surface area contributed by atoms with Crippen LogP contribution >= 0.6 is 0 Å². The van der Waals surface area contributed by atoms with Gasteiger partial charge < -0.3 is 19.8 Å². The molecule has 0 saturated heterocycles. The molecule has 0 bridgehead atoms. The fraction of sp³-hybridized carbons (Fsp3) is 0. The average molecular weight is 326 g/mol. The second kappa shape index (κ2) is 4.16. The molecule has 0 unspecified atom stereocenters. The molecule has 0 saturated carbocycles. The van der Waals surface area contributed by atoms with Gasteiger partial charge in [-0.2, -0.15) is 0 Å². The first-order chi connectivity index (χ1) is 2.64. The van der Waals surface area contributed by atoms with Gasteiger partial charge in [0.05, 0.1) is 11.9 Å². The van der Waals surface area contributed by atoms with Gasteiger partial charge in [-0.05, 0) is 0 Å². The van der Waals surface area contributed by atoms with E-state index in [0.717, 1.165) is 0 Å². The molecule has 0 N–H and O–H groups in total. The zero-order chi connectivity index (χ0) is 5.15. The summed E-state index contributed by atoms with van der Waals surface area (Å²) in [5.41, 5.74) is 0. The first kappa shape index (κ1) is 10.1. The summed E-state index contributed by atoms with van der Waals surface area (Å²) in [5, 5.41) is 17.9. The number of hydrogen-bond acceptors (Lipinski definition) is 4. The molecule has 4 nitrogen and oxygen atoms in total. The summed E-state index contributed by atoms with van der Waals surface area (Å²) in [7, 11) is 0. The summed E-state index contributed by atoms with van der Waals surface area (Å²) < 4.78 is 0. The van der Waals surface area contributed by atoms with Gasteiger partial charge in [-0.15, -0.1) is 0 Å². The molecule has 0 aliphatic carbocycles. The van der Waals surface area contributed by atoms with Crippen LogP contribution in [0.2, 0.25) is 0 Å². The Morgan fingerprint density at radius 1 is 1.00 bits per heavy atom. The van der Waals surface area contributed by atoms with Crippen LogP contribution in [0.1, 0.15) is 0 Å². The summed E-state index contributed by atoms with van der Waals surface area (Å²) in [6, 6.07) is 0. The maximum atomic E-state index is 8.93. The monoisotopic (exact) mass is 326 g/mol. The van der Waals surface area contributed by atoms with E-state index in [2.05, 4.69) is 0 Å². The maximum absolute atomic E-state index is 8.93. The Labute approximate surface area is 62.9 Å². The maximum Gasteiger partial charge on any atom is 2.00 e. The van der Waals surface area contributed by atoms with Gasteiger partial charge in [0.25, 0.3) is 0 Å². The molecule has 36 valence electrons. The smallest absolute Gasteiger partial charge is 0.543 e. The minimum absolute atomic E-state index is 0. The van der Waals surface area contributed by atoms with Crippen molar-refractivity contribution < 1.29 is 50.9 Å². The number of carboxylic acids is 2. The summed E-state index contributed by atoms with van der Waals surface area (Å²) in [6.45, 7) is 0. The molecule has 0 aliphatic rings. The second-order valence-electron chi connectivity index (χ2n) is 0.575. The molecule has 0 radical (unpaired) electrons. The van der Waals surface area contributed by atoms with Crippen molar-refractivity contribution in [3.8, 4) is 0 Å². The van der Waals surface area contributed by atoms with Gasteiger partial charge in [0.15, 0.2) is 0 Å². The fourth-order valence-corrected chi connectivity index (χ4v) is 0. The van der Waals surface area contributed by atoms with Crippen LogP contribution in [0, 0.1) is 31.1 Å². The Morgan fingerprint density at radius 2 is 1.14 bits per heavy atom. The van der Waals surface area contributed by atoms with Crippen molar-refractivity contribution in [1.82, 2.24) is 0 Å².